The normalized spacial score (nSPS) is 38.7. The van der Waals surface area contributed by atoms with Crippen molar-refractivity contribution in [1.29, 1.82) is 0 Å². The van der Waals surface area contributed by atoms with Gasteiger partial charge in [-0.05, 0) is 54.1 Å². The number of nitrogens with zero attached hydrogens (tertiary/aromatic N) is 1. The van der Waals surface area contributed by atoms with Crippen LogP contribution in [0.4, 0.5) is 0 Å². The van der Waals surface area contributed by atoms with Crippen LogP contribution in [-0.2, 0) is 0 Å². The third kappa shape index (κ3) is 1.30. The van der Waals surface area contributed by atoms with Gasteiger partial charge >= 0.3 is 0 Å². The third-order valence-corrected chi connectivity index (χ3v) is 4.23. The molecule has 0 spiro atoms. The Bertz CT molecular complexity index is 286. The van der Waals surface area contributed by atoms with E-state index in [4.69, 9.17) is 5.73 Å². The summed E-state index contributed by atoms with van der Waals surface area (Å²) < 4.78 is 4.11. The number of hydrogen-bond acceptors (Lipinski definition) is 3. The lowest BCUT2D eigenvalue weighted by Crippen LogP contribution is -2.19. The lowest BCUT2D eigenvalue weighted by molar-refractivity contribution is 0.404. The van der Waals surface area contributed by atoms with Crippen LogP contribution in [0.1, 0.15) is 30.9 Å². The topological polar surface area (TPSA) is 38.9 Å². The standard InChI is InChI=1S/C10H14N2S/c11-10(9-4-12-13-5-9)8-2-6-1-7(6)3-8/h4-8,10H,1-3,11H2. The molecule has 1 aromatic heterocycles. The first-order valence-electron chi connectivity index (χ1n) is 4.99. The van der Waals surface area contributed by atoms with Crippen LogP contribution in [0.25, 0.3) is 0 Å². The van der Waals surface area contributed by atoms with Gasteiger partial charge in [0.15, 0.2) is 0 Å². The van der Waals surface area contributed by atoms with Crippen LogP contribution in [-0.4, -0.2) is 4.37 Å². The van der Waals surface area contributed by atoms with Crippen LogP contribution in [0.3, 0.4) is 0 Å². The highest BCUT2D eigenvalue weighted by molar-refractivity contribution is 7.03. The second kappa shape index (κ2) is 2.79. The molecular weight excluding hydrogens is 180 g/mol. The number of hydrogen-bond donors (Lipinski definition) is 1. The zero-order valence-electron chi connectivity index (χ0n) is 7.52. The molecule has 1 aromatic rings. The van der Waals surface area contributed by atoms with E-state index < -0.39 is 0 Å². The van der Waals surface area contributed by atoms with Crippen molar-refractivity contribution in [3.8, 4) is 0 Å². The zero-order valence-corrected chi connectivity index (χ0v) is 8.33. The fraction of sp³-hybridized carbons (Fsp3) is 0.700. The highest BCUT2D eigenvalue weighted by Crippen LogP contribution is 2.56. The van der Waals surface area contributed by atoms with E-state index in [-0.39, 0.29) is 6.04 Å². The molecule has 3 rings (SSSR count). The van der Waals surface area contributed by atoms with Gasteiger partial charge in [0.25, 0.3) is 0 Å². The molecule has 0 aromatic carbocycles. The predicted octanol–water partition coefficient (Wildman–Crippen LogP) is 2.19. The molecule has 3 unspecified atom stereocenters. The van der Waals surface area contributed by atoms with Gasteiger partial charge in [0.1, 0.15) is 0 Å². The average molecular weight is 194 g/mol. The number of nitrogens with two attached hydrogens (primary N) is 1. The first-order valence-corrected chi connectivity index (χ1v) is 5.83. The van der Waals surface area contributed by atoms with E-state index in [0.717, 1.165) is 17.8 Å². The van der Waals surface area contributed by atoms with E-state index in [1.165, 1.54) is 36.4 Å². The molecule has 13 heavy (non-hydrogen) atoms. The lowest BCUT2D eigenvalue weighted by atomic mass is 9.92. The zero-order chi connectivity index (χ0) is 8.84. The molecule has 2 saturated carbocycles. The second-order valence-corrected chi connectivity index (χ2v) is 5.13. The monoisotopic (exact) mass is 194 g/mol. The Morgan fingerprint density at radius 1 is 1.38 bits per heavy atom. The molecular formula is C10H14N2S. The summed E-state index contributed by atoms with van der Waals surface area (Å²) in [7, 11) is 0. The minimum absolute atomic E-state index is 0.256. The molecule has 0 saturated heterocycles. The van der Waals surface area contributed by atoms with Crippen molar-refractivity contribution in [3.05, 3.63) is 17.1 Å². The first kappa shape index (κ1) is 7.94. The van der Waals surface area contributed by atoms with Gasteiger partial charge in [-0.15, -0.1) is 0 Å². The van der Waals surface area contributed by atoms with Crippen LogP contribution in [0.2, 0.25) is 0 Å². The SMILES string of the molecule is NC(c1cnsc1)C1CC2CC2C1. The highest BCUT2D eigenvalue weighted by atomic mass is 32.1. The molecule has 2 N–H and O–H groups in total. The van der Waals surface area contributed by atoms with Gasteiger partial charge in [-0.1, -0.05) is 0 Å². The van der Waals surface area contributed by atoms with Gasteiger partial charge in [0.2, 0.25) is 0 Å². The quantitative estimate of drug-likeness (QED) is 0.783. The molecule has 2 fully saturated rings. The van der Waals surface area contributed by atoms with Crippen molar-refractivity contribution in [2.24, 2.45) is 23.5 Å². The number of aromatic nitrogens is 1. The first-order chi connectivity index (χ1) is 6.34. The van der Waals surface area contributed by atoms with Crippen molar-refractivity contribution < 1.29 is 0 Å². The van der Waals surface area contributed by atoms with Gasteiger partial charge < -0.3 is 5.73 Å². The molecule has 0 aliphatic heterocycles. The molecule has 2 nitrogen and oxygen atoms in total. The maximum Gasteiger partial charge on any atom is 0.0454 e. The maximum absolute atomic E-state index is 6.19. The molecule has 70 valence electrons. The Labute approximate surface area is 82.3 Å². The van der Waals surface area contributed by atoms with Crippen molar-refractivity contribution in [1.82, 2.24) is 4.37 Å². The fourth-order valence-electron chi connectivity index (χ4n) is 2.70. The smallest absolute Gasteiger partial charge is 0.0454 e. The van der Waals surface area contributed by atoms with Crippen molar-refractivity contribution >= 4 is 11.5 Å². The van der Waals surface area contributed by atoms with Gasteiger partial charge in [0, 0.05) is 17.6 Å². The van der Waals surface area contributed by atoms with Gasteiger partial charge in [-0.3, -0.25) is 0 Å². The van der Waals surface area contributed by atoms with E-state index in [2.05, 4.69) is 9.75 Å². The van der Waals surface area contributed by atoms with Crippen LogP contribution < -0.4 is 5.73 Å². The number of fused-ring (bicyclic) bond motifs is 1. The molecule has 0 radical (unpaired) electrons. The molecule has 0 bridgehead atoms. The Hall–Kier alpha value is -0.410. The Balaban J connectivity index is 1.72. The maximum atomic E-state index is 6.19. The summed E-state index contributed by atoms with van der Waals surface area (Å²) in [6, 6.07) is 0.256. The minimum atomic E-state index is 0.256. The van der Waals surface area contributed by atoms with Crippen LogP contribution in [0.5, 0.6) is 0 Å². The summed E-state index contributed by atoms with van der Waals surface area (Å²) in [6.07, 6.45) is 6.13. The van der Waals surface area contributed by atoms with E-state index in [9.17, 15) is 0 Å². The fourth-order valence-corrected chi connectivity index (χ4v) is 3.29. The van der Waals surface area contributed by atoms with Crippen LogP contribution in [0, 0.1) is 17.8 Å². The highest BCUT2D eigenvalue weighted by Gasteiger charge is 2.47. The number of rotatable bonds is 2. The Morgan fingerprint density at radius 3 is 2.77 bits per heavy atom. The molecule has 3 heteroatoms. The lowest BCUT2D eigenvalue weighted by Gasteiger charge is -2.18. The molecule has 3 atom stereocenters. The summed E-state index contributed by atoms with van der Waals surface area (Å²) in [5.41, 5.74) is 7.44. The van der Waals surface area contributed by atoms with Crippen molar-refractivity contribution in [2.75, 3.05) is 0 Å². The van der Waals surface area contributed by atoms with Crippen molar-refractivity contribution in [2.45, 2.75) is 25.3 Å². The summed E-state index contributed by atoms with van der Waals surface area (Å²) in [4.78, 5) is 0. The van der Waals surface area contributed by atoms with Crippen LogP contribution in [0.15, 0.2) is 11.6 Å². The van der Waals surface area contributed by atoms with Gasteiger partial charge in [0.05, 0.1) is 0 Å². The Morgan fingerprint density at radius 2 is 2.15 bits per heavy atom. The van der Waals surface area contributed by atoms with Gasteiger partial charge in [-0.25, -0.2) is 4.37 Å². The summed E-state index contributed by atoms with van der Waals surface area (Å²) in [5, 5.41) is 2.09. The predicted molar refractivity (Wildman–Crippen MR) is 53.4 cm³/mol. The second-order valence-electron chi connectivity index (χ2n) is 4.47. The van der Waals surface area contributed by atoms with Gasteiger partial charge in [-0.2, -0.15) is 0 Å². The van der Waals surface area contributed by atoms with Crippen molar-refractivity contribution in [3.63, 3.8) is 0 Å². The van der Waals surface area contributed by atoms with Crippen LogP contribution >= 0.6 is 11.5 Å². The average Bonchev–Trinajstić information content (AvgIpc) is 2.63. The Kier molecular flexibility index (Phi) is 1.70. The van der Waals surface area contributed by atoms with E-state index in [0.29, 0.717) is 0 Å². The minimum Gasteiger partial charge on any atom is -0.324 e. The molecule has 0 amide bonds. The van der Waals surface area contributed by atoms with E-state index >= 15 is 0 Å². The summed E-state index contributed by atoms with van der Waals surface area (Å²) in [6.45, 7) is 0. The molecule has 2 aliphatic carbocycles. The largest absolute Gasteiger partial charge is 0.324 e. The molecule has 1 heterocycles. The summed E-state index contributed by atoms with van der Waals surface area (Å²) in [5.74, 6) is 2.80. The van der Waals surface area contributed by atoms with E-state index in [1.807, 2.05) is 6.20 Å². The van der Waals surface area contributed by atoms with E-state index in [1.54, 1.807) is 0 Å². The summed E-state index contributed by atoms with van der Waals surface area (Å²) >= 11 is 1.51. The molecule has 2 aliphatic rings. The third-order valence-electron chi connectivity index (χ3n) is 3.62.